The molecule has 0 radical (unpaired) electrons. The Morgan fingerprint density at radius 1 is 1.20 bits per heavy atom. The van der Waals surface area contributed by atoms with Gasteiger partial charge in [0.2, 0.25) is 5.91 Å². The van der Waals surface area contributed by atoms with Crippen LogP contribution in [0.25, 0.3) is 0 Å². The highest BCUT2D eigenvalue weighted by Gasteiger charge is 2.28. The third-order valence-electron chi connectivity index (χ3n) is 5.43. The fraction of sp³-hybridized carbons (Fsp3) is 0.824. The molecular weight excluding hydrogens is 322 g/mol. The highest BCUT2D eigenvalue weighted by Crippen LogP contribution is 2.21. The van der Waals surface area contributed by atoms with Crippen LogP contribution in [0.2, 0.25) is 0 Å². The molecule has 0 N–H and O–H groups in total. The summed E-state index contributed by atoms with van der Waals surface area (Å²) in [5, 5.41) is 8.59. The minimum Gasteiger partial charge on any atom is -0.380 e. The van der Waals surface area contributed by atoms with E-state index in [2.05, 4.69) is 15.2 Å². The fourth-order valence-electron chi connectivity index (χ4n) is 3.94. The van der Waals surface area contributed by atoms with Gasteiger partial charge in [-0.05, 0) is 25.7 Å². The first-order chi connectivity index (χ1) is 12.3. The van der Waals surface area contributed by atoms with E-state index in [1.807, 2.05) is 9.58 Å². The largest absolute Gasteiger partial charge is 0.380 e. The highest BCUT2D eigenvalue weighted by atomic mass is 16.5. The molecule has 138 valence electrons. The zero-order chi connectivity index (χ0) is 17.1. The summed E-state index contributed by atoms with van der Waals surface area (Å²) in [5.41, 5.74) is 1.98. The van der Waals surface area contributed by atoms with Crippen LogP contribution in [0.4, 0.5) is 0 Å². The average Bonchev–Trinajstić information content (AvgIpc) is 3.36. The molecule has 0 aliphatic carbocycles. The number of hydrogen-bond acceptors (Lipinski definition) is 6. The van der Waals surface area contributed by atoms with Crippen LogP contribution in [0.5, 0.6) is 0 Å². The lowest BCUT2D eigenvalue weighted by Gasteiger charge is -2.25. The molecule has 0 saturated carbocycles. The van der Waals surface area contributed by atoms with Crippen molar-refractivity contribution in [2.75, 3.05) is 39.5 Å². The summed E-state index contributed by atoms with van der Waals surface area (Å²) in [7, 11) is 0. The SMILES string of the molecule is O=C(COCc1nnn2c1CN(C1CCOC1)CCC2)N1CCCC1. The summed E-state index contributed by atoms with van der Waals surface area (Å²) >= 11 is 0. The van der Waals surface area contributed by atoms with Crippen LogP contribution in [0.15, 0.2) is 0 Å². The van der Waals surface area contributed by atoms with E-state index in [-0.39, 0.29) is 12.5 Å². The van der Waals surface area contributed by atoms with Crippen molar-refractivity contribution in [1.82, 2.24) is 24.8 Å². The second kappa shape index (κ2) is 7.80. The Kier molecular flexibility index (Phi) is 5.28. The number of ether oxygens (including phenoxy) is 2. The summed E-state index contributed by atoms with van der Waals surface area (Å²) in [6, 6.07) is 0.493. The second-order valence-corrected chi connectivity index (χ2v) is 7.13. The molecule has 3 aliphatic heterocycles. The molecule has 0 bridgehead atoms. The van der Waals surface area contributed by atoms with E-state index in [0.717, 1.165) is 83.0 Å². The van der Waals surface area contributed by atoms with Gasteiger partial charge in [0.25, 0.3) is 0 Å². The van der Waals surface area contributed by atoms with Gasteiger partial charge in [0.15, 0.2) is 0 Å². The number of nitrogens with zero attached hydrogens (tertiary/aromatic N) is 5. The van der Waals surface area contributed by atoms with Crippen molar-refractivity contribution >= 4 is 5.91 Å². The molecule has 25 heavy (non-hydrogen) atoms. The molecule has 1 aromatic rings. The predicted octanol–water partition coefficient (Wildman–Crippen LogP) is 0.412. The Morgan fingerprint density at radius 3 is 2.88 bits per heavy atom. The number of carbonyl (C=O) groups excluding carboxylic acids is 1. The molecule has 8 nitrogen and oxygen atoms in total. The predicted molar refractivity (Wildman–Crippen MR) is 89.7 cm³/mol. The van der Waals surface area contributed by atoms with Crippen molar-refractivity contribution in [1.29, 1.82) is 0 Å². The van der Waals surface area contributed by atoms with E-state index >= 15 is 0 Å². The molecule has 0 spiro atoms. The summed E-state index contributed by atoms with van der Waals surface area (Å²) in [6.45, 7) is 6.66. The molecule has 1 unspecified atom stereocenters. The van der Waals surface area contributed by atoms with Crippen molar-refractivity contribution in [3.05, 3.63) is 11.4 Å². The molecule has 2 saturated heterocycles. The first-order valence-corrected chi connectivity index (χ1v) is 9.40. The van der Waals surface area contributed by atoms with Gasteiger partial charge in [-0.25, -0.2) is 4.68 Å². The Morgan fingerprint density at radius 2 is 2.08 bits per heavy atom. The highest BCUT2D eigenvalue weighted by molar-refractivity contribution is 5.77. The molecular formula is C17H27N5O3. The maximum Gasteiger partial charge on any atom is 0.248 e. The number of aromatic nitrogens is 3. The Labute approximate surface area is 148 Å². The minimum atomic E-state index is 0.0838. The number of likely N-dealkylation sites (tertiary alicyclic amines) is 1. The van der Waals surface area contributed by atoms with Gasteiger partial charge in [0, 0.05) is 45.4 Å². The van der Waals surface area contributed by atoms with Gasteiger partial charge in [-0.15, -0.1) is 5.10 Å². The van der Waals surface area contributed by atoms with Gasteiger partial charge in [0.05, 0.1) is 18.9 Å². The number of aryl methyl sites for hydroxylation is 1. The van der Waals surface area contributed by atoms with E-state index in [4.69, 9.17) is 9.47 Å². The van der Waals surface area contributed by atoms with Crippen LogP contribution in [-0.4, -0.2) is 76.2 Å². The van der Waals surface area contributed by atoms with Crippen molar-refractivity contribution in [2.24, 2.45) is 0 Å². The first-order valence-electron chi connectivity index (χ1n) is 9.40. The normalized spacial score (nSPS) is 24.5. The third-order valence-corrected chi connectivity index (χ3v) is 5.43. The molecule has 1 atom stereocenters. The van der Waals surface area contributed by atoms with Crippen LogP contribution in [-0.2, 0) is 34.0 Å². The lowest BCUT2D eigenvalue weighted by atomic mass is 10.2. The number of amides is 1. The van der Waals surface area contributed by atoms with E-state index in [1.54, 1.807) is 0 Å². The van der Waals surface area contributed by atoms with Crippen LogP contribution >= 0.6 is 0 Å². The van der Waals surface area contributed by atoms with E-state index in [9.17, 15) is 4.79 Å². The quantitative estimate of drug-likeness (QED) is 0.767. The second-order valence-electron chi connectivity index (χ2n) is 7.13. The smallest absolute Gasteiger partial charge is 0.248 e. The van der Waals surface area contributed by atoms with E-state index < -0.39 is 0 Å². The monoisotopic (exact) mass is 349 g/mol. The van der Waals surface area contributed by atoms with Crippen LogP contribution < -0.4 is 0 Å². The molecule has 4 heterocycles. The summed E-state index contributed by atoms with van der Waals surface area (Å²) < 4.78 is 13.2. The van der Waals surface area contributed by atoms with Gasteiger partial charge in [-0.1, -0.05) is 5.21 Å². The van der Waals surface area contributed by atoms with Gasteiger partial charge >= 0.3 is 0 Å². The Balaban J connectivity index is 1.35. The standard InChI is InChI=1S/C17H27N5O3/c23-17(20-5-1-2-6-20)13-25-12-15-16-10-21(14-4-9-24-11-14)7-3-8-22(16)19-18-15/h14H,1-13H2. The topological polar surface area (TPSA) is 72.7 Å². The van der Waals surface area contributed by atoms with Crippen LogP contribution in [0, 0.1) is 0 Å². The minimum absolute atomic E-state index is 0.0838. The lowest BCUT2D eigenvalue weighted by molar-refractivity contribution is -0.135. The lowest BCUT2D eigenvalue weighted by Crippen LogP contribution is -2.35. The Bertz CT molecular complexity index is 593. The van der Waals surface area contributed by atoms with Crippen molar-refractivity contribution in [2.45, 2.75) is 51.4 Å². The molecule has 8 heteroatoms. The van der Waals surface area contributed by atoms with Crippen molar-refractivity contribution < 1.29 is 14.3 Å². The molecule has 1 aromatic heterocycles. The summed E-state index contributed by atoms with van der Waals surface area (Å²) in [6.07, 6.45) is 4.37. The molecule has 1 amide bonds. The molecule has 2 fully saturated rings. The van der Waals surface area contributed by atoms with Crippen molar-refractivity contribution in [3.8, 4) is 0 Å². The average molecular weight is 349 g/mol. The van der Waals surface area contributed by atoms with Gasteiger partial charge in [-0.3, -0.25) is 9.69 Å². The first kappa shape index (κ1) is 16.9. The summed E-state index contributed by atoms with van der Waals surface area (Å²) in [5.74, 6) is 0.0838. The van der Waals surface area contributed by atoms with Gasteiger partial charge in [0.1, 0.15) is 12.3 Å². The number of hydrogen-bond donors (Lipinski definition) is 0. The van der Waals surface area contributed by atoms with Crippen molar-refractivity contribution in [3.63, 3.8) is 0 Å². The fourth-order valence-corrected chi connectivity index (χ4v) is 3.94. The third kappa shape index (κ3) is 3.86. The van der Waals surface area contributed by atoms with Crippen LogP contribution in [0.3, 0.4) is 0 Å². The zero-order valence-electron chi connectivity index (χ0n) is 14.7. The summed E-state index contributed by atoms with van der Waals surface area (Å²) in [4.78, 5) is 16.4. The zero-order valence-corrected chi connectivity index (χ0v) is 14.7. The van der Waals surface area contributed by atoms with Crippen LogP contribution in [0.1, 0.15) is 37.1 Å². The number of fused-ring (bicyclic) bond motifs is 1. The molecule has 4 rings (SSSR count). The van der Waals surface area contributed by atoms with E-state index in [0.29, 0.717) is 12.6 Å². The Hall–Kier alpha value is -1.51. The molecule has 0 aromatic carbocycles. The molecule has 3 aliphatic rings. The number of rotatable bonds is 5. The maximum atomic E-state index is 12.1. The number of carbonyl (C=O) groups is 1. The van der Waals surface area contributed by atoms with Gasteiger partial charge < -0.3 is 14.4 Å². The van der Waals surface area contributed by atoms with E-state index in [1.165, 1.54) is 0 Å². The maximum absolute atomic E-state index is 12.1. The van der Waals surface area contributed by atoms with Gasteiger partial charge in [-0.2, -0.15) is 0 Å².